The average Bonchev–Trinajstić information content (AvgIpc) is 2.99. The maximum atomic E-state index is 12.8. The Kier molecular flexibility index (Phi) is 9.52. The molecule has 1 amide bonds. The van der Waals surface area contributed by atoms with E-state index in [1.807, 2.05) is 12.2 Å². The van der Waals surface area contributed by atoms with Crippen LogP contribution in [0.4, 0.5) is 18.0 Å². The van der Waals surface area contributed by atoms with E-state index in [4.69, 9.17) is 9.84 Å². The third kappa shape index (κ3) is 8.16. The van der Waals surface area contributed by atoms with Crippen LogP contribution in [0.2, 0.25) is 0 Å². The number of rotatable bonds is 10. The van der Waals surface area contributed by atoms with Crippen LogP contribution in [0.5, 0.6) is 0 Å². The molecule has 0 bridgehead atoms. The molecule has 0 saturated heterocycles. The van der Waals surface area contributed by atoms with E-state index in [1.54, 1.807) is 0 Å². The van der Waals surface area contributed by atoms with E-state index in [0.717, 1.165) is 12.1 Å². The number of carbonyl (C=O) groups is 2. The highest BCUT2D eigenvalue weighted by atomic mass is 19.4. The number of alkyl carbamates (subject to hydrolysis) is 1. The molecule has 1 fully saturated rings. The van der Waals surface area contributed by atoms with Gasteiger partial charge in [-0.05, 0) is 49.3 Å². The van der Waals surface area contributed by atoms with Gasteiger partial charge in [-0.3, -0.25) is 4.79 Å². The first-order valence-corrected chi connectivity index (χ1v) is 10.4. The molecule has 0 heterocycles. The lowest BCUT2D eigenvalue weighted by Gasteiger charge is -2.22. The molecule has 4 N–H and O–H groups in total. The Labute approximate surface area is 183 Å². The molecule has 1 aliphatic carbocycles. The number of halogens is 3. The monoisotopic (exact) mass is 459 g/mol. The number of hydrogen-bond acceptors (Lipinski definition) is 5. The Morgan fingerprint density at radius 3 is 2.56 bits per heavy atom. The Morgan fingerprint density at radius 1 is 1.16 bits per heavy atom. The molecule has 1 saturated carbocycles. The van der Waals surface area contributed by atoms with Gasteiger partial charge in [0.2, 0.25) is 0 Å². The Hall–Kier alpha value is -2.59. The summed E-state index contributed by atoms with van der Waals surface area (Å²) in [6, 6.07) is 4.58. The van der Waals surface area contributed by atoms with Crippen LogP contribution in [-0.2, 0) is 22.3 Å². The van der Waals surface area contributed by atoms with Crippen molar-refractivity contribution in [3.05, 3.63) is 47.5 Å². The summed E-state index contributed by atoms with van der Waals surface area (Å²) in [5.74, 6) is -1.69. The average molecular weight is 459 g/mol. The highest BCUT2D eigenvalue weighted by molar-refractivity contribution is 5.67. The number of amides is 1. The van der Waals surface area contributed by atoms with Crippen molar-refractivity contribution < 1.29 is 42.8 Å². The van der Waals surface area contributed by atoms with Crippen molar-refractivity contribution in [1.82, 2.24) is 5.32 Å². The van der Waals surface area contributed by atoms with Gasteiger partial charge in [-0.25, -0.2) is 4.79 Å². The van der Waals surface area contributed by atoms with Crippen molar-refractivity contribution in [3.8, 4) is 0 Å². The fourth-order valence-electron chi connectivity index (χ4n) is 3.73. The number of nitrogens with one attached hydrogen (secondary N) is 1. The predicted molar refractivity (Wildman–Crippen MR) is 108 cm³/mol. The standard InChI is InChI=1S/C22H28F3NO6/c23-22(24,25)15-7-5-6-14(10-15)12-26-21(31)32-13-17-16(18(27)11-19(17)28)8-3-1-2-4-9-20(29)30/h1,3,5-7,10,16-19,27-28H,2,4,8-9,11-13H2,(H,26,31)(H,29,30)/b3-1-/t16-,17-,18+,19-/m1/s1. The quantitative estimate of drug-likeness (QED) is 0.314. The van der Waals surface area contributed by atoms with Crippen molar-refractivity contribution in [2.24, 2.45) is 11.8 Å². The highest BCUT2D eigenvalue weighted by Crippen LogP contribution is 2.35. The van der Waals surface area contributed by atoms with Gasteiger partial charge in [0.25, 0.3) is 0 Å². The number of hydrogen-bond donors (Lipinski definition) is 4. The van der Waals surface area contributed by atoms with Crippen LogP contribution < -0.4 is 5.32 Å². The second-order valence-corrected chi connectivity index (χ2v) is 7.84. The van der Waals surface area contributed by atoms with Gasteiger partial charge in [-0.2, -0.15) is 13.2 Å². The predicted octanol–water partition coefficient (Wildman–Crippen LogP) is 3.49. The maximum absolute atomic E-state index is 12.8. The minimum Gasteiger partial charge on any atom is -0.481 e. The summed E-state index contributed by atoms with van der Waals surface area (Å²) >= 11 is 0. The molecule has 1 aromatic rings. The van der Waals surface area contributed by atoms with Gasteiger partial charge in [0.05, 0.1) is 24.4 Å². The van der Waals surface area contributed by atoms with E-state index in [2.05, 4.69) is 5.32 Å². The number of unbranched alkanes of at least 4 members (excludes halogenated alkanes) is 1. The lowest BCUT2D eigenvalue weighted by Crippen LogP contribution is -2.31. The lowest BCUT2D eigenvalue weighted by atomic mass is 9.91. The number of aliphatic hydroxyl groups is 2. The molecular weight excluding hydrogens is 431 g/mol. The molecule has 4 atom stereocenters. The van der Waals surface area contributed by atoms with Crippen molar-refractivity contribution in [1.29, 1.82) is 0 Å². The van der Waals surface area contributed by atoms with E-state index >= 15 is 0 Å². The van der Waals surface area contributed by atoms with E-state index < -0.39 is 41.9 Å². The van der Waals surface area contributed by atoms with Gasteiger partial charge in [-0.1, -0.05) is 24.3 Å². The third-order valence-corrected chi connectivity index (χ3v) is 5.46. The molecule has 178 valence electrons. The smallest absolute Gasteiger partial charge is 0.416 e. The summed E-state index contributed by atoms with van der Waals surface area (Å²) in [5, 5.41) is 31.4. The summed E-state index contributed by atoms with van der Waals surface area (Å²) in [7, 11) is 0. The van der Waals surface area contributed by atoms with Gasteiger partial charge in [0, 0.05) is 18.9 Å². The van der Waals surface area contributed by atoms with Crippen LogP contribution in [0.15, 0.2) is 36.4 Å². The molecule has 0 aromatic heterocycles. The maximum Gasteiger partial charge on any atom is 0.416 e. The number of benzene rings is 1. The topological polar surface area (TPSA) is 116 Å². The van der Waals surface area contributed by atoms with Crippen molar-refractivity contribution >= 4 is 12.1 Å². The summed E-state index contributed by atoms with van der Waals surface area (Å²) < 4.78 is 43.4. The highest BCUT2D eigenvalue weighted by Gasteiger charge is 2.41. The first kappa shape index (κ1) is 25.7. The summed E-state index contributed by atoms with van der Waals surface area (Å²) in [6.45, 7) is -0.300. The van der Waals surface area contributed by atoms with E-state index in [-0.39, 0.29) is 37.5 Å². The van der Waals surface area contributed by atoms with Crippen LogP contribution in [0.1, 0.15) is 43.2 Å². The number of aliphatic hydroxyl groups excluding tert-OH is 2. The molecule has 10 heteroatoms. The number of ether oxygens (including phenoxy) is 1. The first-order chi connectivity index (χ1) is 15.1. The van der Waals surface area contributed by atoms with Crippen LogP contribution in [0.3, 0.4) is 0 Å². The third-order valence-electron chi connectivity index (χ3n) is 5.46. The number of alkyl halides is 3. The molecule has 0 radical (unpaired) electrons. The number of carbonyl (C=O) groups excluding carboxylic acids is 1. The lowest BCUT2D eigenvalue weighted by molar-refractivity contribution is -0.138. The van der Waals surface area contributed by atoms with Crippen LogP contribution in [-0.4, -0.2) is 46.2 Å². The second kappa shape index (κ2) is 11.9. The normalized spacial score (nSPS) is 23.4. The largest absolute Gasteiger partial charge is 0.481 e. The van der Waals surface area contributed by atoms with Gasteiger partial charge >= 0.3 is 18.2 Å². The van der Waals surface area contributed by atoms with Gasteiger partial charge in [0.15, 0.2) is 0 Å². The molecule has 0 aliphatic heterocycles. The zero-order chi connectivity index (χ0) is 23.7. The van der Waals surface area contributed by atoms with Crippen LogP contribution in [0.25, 0.3) is 0 Å². The van der Waals surface area contributed by atoms with Gasteiger partial charge in [0.1, 0.15) is 0 Å². The van der Waals surface area contributed by atoms with E-state index in [9.17, 15) is 33.0 Å². The van der Waals surface area contributed by atoms with Crippen LogP contribution in [0, 0.1) is 11.8 Å². The number of allylic oxidation sites excluding steroid dienone is 2. The first-order valence-electron chi connectivity index (χ1n) is 10.4. The second-order valence-electron chi connectivity index (χ2n) is 7.84. The number of carboxylic acid groups (broad SMARTS) is 1. The fraction of sp³-hybridized carbons (Fsp3) is 0.545. The minimum absolute atomic E-state index is 0.0706. The van der Waals surface area contributed by atoms with E-state index in [1.165, 1.54) is 12.1 Å². The number of carboxylic acids is 1. The molecule has 7 nitrogen and oxygen atoms in total. The van der Waals surface area contributed by atoms with Crippen molar-refractivity contribution in [2.75, 3.05) is 6.61 Å². The summed E-state index contributed by atoms with van der Waals surface area (Å²) in [6.07, 6.45) is -1.56. The molecule has 2 rings (SSSR count). The molecule has 0 unspecified atom stereocenters. The Bertz CT molecular complexity index is 798. The van der Waals surface area contributed by atoms with Gasteiger partial charge < -0.3 is 25.4 Å². The van der Waals surface area contributed by atoms with Crippen molar-refractivity contribution in [3.63, 3.8) is 0 Å². The van der Waals surface area contributed by atoms with E-state index in [0.29, 0.717) is 19.3 Å². The summed E-state index contributed by atoms with van der Waals surface area (Å²) in [5.41, 5.74) is -0.550. The molecule has 0 spiro atoms. The van der Waals surface area contributed by atoms with Crippen molar-refractivity contribution in [2.45, 2.75) is 57.0 Å². The molecule has 32 heavy (non-hydrogen) atoms. The molecule has 1 aromatic carbocycles. The van der Waals surface area contributed by atoms with Crippen LogP contribution >= 0.6 is 0 Å². The molecule has 1 aliphatic rings. The zero-order valence-electron chi connectivity index (χ0n) is 17.4. The SMILES string of the molecule is O=C(O)CCC/C=C\C[C@@H]1[C@@H](COC(=O)NCc2cccc(C(F)(F)F)c2)[C@H](O)C[C@@H]1O. The summed E-state index contributed by atoms with van der Waals surface area (Å²) in [4.78, 5) is 22.5. The Balaban J connectivity index is 1.80. The minimum atomic E-state index is -4.48. The fourth-order valence-corrected chi connectivity index (χ4v) is 3.73. The molecular formula is C22H28F3NO6. The number of aliphatic carboxylic acids is 1. The van der Waals surface area contributed by atoms with Gasteiger partial charge in [-0.15, -0.1) is 0 Å². The zero-order valence-corrected chi connectivity index (χ0v) is 17.4. The Morgan fingerprint density at radius 2 is 1.88 bits per heavy atom.